The lowest BCUT2D eigenvalue weighted by molar-refractivity contribution is -0.468. The maximum absolute atomic E-state index is 13.9. The van der Waals surface area contributed by atoms with Gasteiger partial charge in [0.05, 0.1) is 22.5 Å². The number of hydrogen-bond acceptors (Lipinski definition) is 6. The molecular formula is C21H19ClF3N5O4. The van der Waals surface area contributed by atoms with Gasteiger partial charge in [0.25, 0.3) is 5.91 Å². The number of halogens is 4. The number of nitrogens with zero attached hydrogens (tertiary/aromatic N) is 3. The van der Waals surface area contributed by atoms with Gasteiger partial charge < -0.3 is 16.2 Å². The van der Waals surface area contributed by atoms with Gasteiger partial charge in [0.1, 0.15) is 5.70 Å². The maximum Gasteiger partial charge on any atom is 0.433 e. The van der Waals surface area contributed by atoms with Crippen LogP contribution < -0.4 is 11.1 Å². The van der Waals surface area contributed by atoms with E-state index >= 15 is 0 Å². The molecule has 1 aliphatic carbocycles. The number of aromatic nitrogens is 2. The number of carbonyl (C=O) groups excluding carboxylic acids is 1. The average molecular weight is 498 g/mol. The minimum absolute atomic E-state index is 0.172. The Balaban J connectivity index is 2.50. The smallest absolute Gasteiger partial charge is 0.433 e. The Morgan fingerprint density at radius 2 is 2.18 bits per heavy atom. The standard InChI is InChI=1S/C21H19ClF3N5O4/c1-12(31)10-15(8-9-29(33)34)27-20(32)19-18(22)13(2)30(28-19)17(21(23,24)25)11-16(26)14-6-4-3-5-7-14/h3-4,6,8,10-11,16,31H,9,26H2,1-2H3,(H,27,32)/b12-10+,15-8+,17-11-. The zero-order valence-corrected chi connectivity index (χ0v) is 18.6. The van der Waals surface area contributed by atoms with E-state index in [0.717, 1.165) is 12.2 Å². The first kappa shape index (κ1) is 26.4. The zero-order valence-electron chi connectivity index (χ0n) is 17.9. The molecule has 1 aromatic heterocycles. The van der Waals surface area contributed by atoms with E-state index in [1.54, 1.807) is 0 Å². The van der Waals surface area contributed by atoms with Gasteiger partial charge in [-0.2, -0.15) is 18.3 Å². The van der Waals surface area contributed by atoms with Gasteiger partial charge in [-0.15, -0.1) is 0 Å². The molecule has 0 bridgehead atoms. The number of allylic oxidation sites excluding steroid dienone is 5. The maximum atomic E-state index is 13.9. The Bertz CT molecular complexity index is 1220. The lowest BCUT2D eigenvalue weighted by Crippen LogP contribution is -2.26. The van der Waals surface area contributed by atoms with E-state index < -0.39 is 41.0 Å². The summed E-state index contributed by atoms with van der Waals surface area (Å²) < 4.78 is 42.1. The van der Waals surface area contributed by atoms with Crippen LogP contribution >= 0.6 is 11.6 Å². The van der Waals surface area contributed by atoms with Crippen LogP contribution in [0, 0.1) is 17.0 Å². The lowest BCUT2D eigenvalue weighted by Gasteiger charge is -2.16. The third kappa shape index (κ3) is 6.84. The fourth-order valence-electron chi connectivity index (χ4n) is 2.70. The largest absolute Gasteiger partial charge is 0.513 e. The molecule has 0 fully saturated rings. The predicted molar refractivity (Wildman–Crippen MR) is 118 cm³/mol. The molecule has 0 spiro atoms. The molecule has 0 radical (unpaired) electrons. The normalized spacial score (nSPS) is 15.4. The summed E-state index contributed by atoms with van der Waals surface area (Å²) in [5, 5.41) is 25.6. The molecule has 0 saturated heterocycles. The van der Waals surface area contributed by atoms with Crippen molar-refractivity contribution in [3.05, 3.63) is 91.5 Å². The van der Waals surface area contributed by atoms with Crippen molar-refractivity contribution >= 4 is 23.2 Å². The van der Waals surface area contributed by atoms with E-state index in [4.69, 9.17) is 17.3 Å². The second-order valence-electron chi connectivity index (χ2n) is 6.90. The molecule has 0 aliphatic heterocycles. The van der Waals surface area contributed by atoms with Gasteiger partial charge in [0.15, 0.2) is 5.69 Å². The fraction of sp³-hybridized carbons (Fsp3) is 0.238. The molecule has 13 heteroatoms. The summed E-state index contributed by atoms with van der Waals surface area (Å²) in [6, 6.07) is -1.22. The molecule has 180 valence electrons. The van der Waals surface area contributed by atoms with Crippen LogP contribution in [0.4, 0.5) is 13.2 Å². The highest BCUT2D eigenvalue weighted by Crippen LogP contribution is 2.33. The van der Waals surface area contributed by atoms with Crippen LogP contribution in [0.1, 0.15) is 23.1 Å². The summed E-state index contributed by atoms with van der Waals surface area (Å²) in [5.74, 6) is -1.33. The molecule has 1 amide bonds. The van der Waals surface area contributed by atoms with Gasteiger partial charge in [0.2, 0.25) is 6.54 Å². The van der Waals surface area contributed by atoms with Gasteiger partial charge in [-0.25, -0.2) is 4.68 Å². The molecule has 4 N–H and O–H groups in total. The van der Waals surface area contributed by atoms with E-state index in [9.17, 15) is 33.2 Å². The molecular weight excluding hydrogens is 479 g/mol. The second-order valence-corrected chi connectivity index (χ2v) is 7.28. The number of nitrogens with two attached hydrogens (primary N) is 1. The van der Waals surface area contributed by atoms with Gasteiger partial charge in [-0.1, -0.05) is 29.1 Å². The van der Waals surface area contributed by atoms with Crippen molar-refractivity contribution in [2.75, 3.05) is 6.54 Å². The molecule has 0 saturated carbocycles. The first-order valence-corrected chi connectivity index (χ1v) is 9.88. The van der Waals surface area contributed by atoms with Crippen molar-refractivity contribution in [3.63, 3.8) is 0 Å². The summed E-state index contributed by atoms with van der Waals surface area (Å²) in [4.78, 5) is 22.6. The third-order valence-corrected chi connectivity index (χ3v) is 4.68. The van der Waals surface area contributed by atoms with Crippen LogP contribution in [0.2, 0.25) is 5.02 Å². The number of rotatable bonds is 8. The minimum atomic E-state index is -4.92. The van der Waals surface area contributed by atoms with Crippen molar-refractivity contribution in [1.29, 1.82) is 0 Å². The average Bonchev–Trinajstić information content (AvgIpc) is 3.04. The number of aliphatic hydroxyl groups excluding tert-OH is 1. The highest BCUT2D eigenvalue weighted by Gasteiger charge is 2.38. The second kappa shape index (κ2) is 10.9. The third-order valence-electron chi connectivity index (χ3n) is 4.23. The van der Waals surface area contributed by atoms with Crippen LogP contribution in [0.5, 0.6) is 0 Å². The molecule has 1 aliphatic rings. The molecule has 34 heavy (non-hydrogen) atoms. The number of nitro groups is 1. The number of nitrogens with one attached hydrogen (secondary N) is 1. The van der Waals surface area contributed by atoms with E-state index in [2.05, 4.69) is 21.9 Å². The van der Waals surface area contributed by atoms with Gasteiger partial charge in [-0.3, -0.25) is 14.9 Å². The SMILES string of the molecule is C/C(O)=C\C(=C/C[N+](=O)[O-])NC(=O)c1nn(/C(=C\C(N)C2=C=C=CC=C2)C(F)(F)F)c(C)c1Cl. The molecule has 9 nitrogen and oxygen atoms in total. The number of carbonyl (C=O) groups is 1. The Labute approximate surface area is 196 Å². The topological polar surface area (TPSA) is 136 Å². The van der Waals surface area contributed by atoms with Gasteiger partial charge >= 0.3 is 6.18 Å². The Hall–Kier alpha value is -3.82. The molecule has 1 heterocycles. The number of alkyl halides is 3. The lowest BCUT2D eigenvalue weighted by atomic mass is 10.1. The van der Waals surface area contributed by atoms with E-state index in [1.807, 2.05) is 0 Å². The van der Waals surface area contributed by atoms with Crippen molar-refractivity contribution in [2.24, 2.45) is 5.73 Å². The Morgan fingerprint density at radius 3 is 2.71 bits per heavy atom. The van der Waals surface area contributed by atoms with Gasteiger partial charge in [-0.05, 0) is 38.2 Å². The number of amides is 1. The monoisotopic (exact) mass is 497 g/mol. The molecule has 1 unspecified atom stereocenters. The van der Waals surface area contributed by atoms with Crippen molar-refractivity contribution in [2.45, 2.75) is 26.1 Å². The first-order valence-electron chi connectivity index (χ1n) is 9.50. The van der Waals surface area contributed by atoms with Crippen LogP contribution in [-0.2, 0) is 0 Å². The highest BCUT2D eigenvalue weighted by atomic mass is 35.5. The van der Waals surface area contributed by atoms with E-state index in [1.165, 1.54) is 32.1 Å². The predicted octanol–water partition coefficient (Wildman–Crippen LogP) is 3.73. The van der Waals surface area contributed by atoms with Crippen LogP contribution in [-0.4, -0.2) is 44.5 Å². The summed E-state index contributed by atoms with van der Waals surface area (Å²) in [5.41, 5.74) is 9.12. The molecule has 1 aromatic rings. The van der Waals surface area contributed by atoms with Crippen LogP contribution in [0.25, 0.3) is 5.70 Å². The van der Waals surface area contributed by atoms with Gasteiger partial charge in [0, 0.05) is 22.3 Å². The minimum Gasteiger partial charge on any atom is -0.513 e. The molecule has 2 rings (SSSR count). The van der Waals surface area contributed by atoms with E-state index in [0.29, 0.717) is 10.8 Å². The van der Waals surface area contributed by atoms with Crippen molar-refractivity contribution < 1.29 is 28.0 Å². The van der Waals surface area contributed by atoms with Crippen molar-refractivity contribution in [3.8, 4) is 0 Å². The number of aliphatic hydroxyl groups is 1. The summed E-state index contributed by atoms with van der Waals surface area (Å²) in [7, 11) is 0. The molecule has 0 aromatic carbocycles. The zero-order chi connectivity index (χ0) is 25.6. The Morgan fingerprint density at radius 1 is 1.50 bits per heavy atom. The summed E-state index contributed by atoms with van der Waals surface area (Å²) in [6.45, 7) is 1.79. The van der Waals surface area contributed by atoms with Crippen LogP contribution in [0.3, 0.4) is 0 Å². The highest BCUT2D eigenvalue weighted by molar-refractivity contribution is 6.34. The van der Waals surface area contributed by atoms with Crippen LogP contribution in [0.15, 0.2) is 64.9 Å². The first-order chi connectivity index (χ1) is 15.8. The van der Waals surface area contributed by atoms with Crippen molar-refractivity contribution in [1.82, 2.24) is 15.1 Å². The number of hydrogen-bond donors (Lipinski definition) is 3. The summed E-state index contributed by atoms with van der Waals surface area (Å²) in [6.07, 6.45) is 2.32. The quantitative estimate of drug-likeness (QED) is 0.164. The Kier molecular flexibility index (Phi) is 8.45. The van der Waals surface area contributed by atoms with E-state index in [-0.39, 0.29) is 27.7 Å². The molecule has 1 atom stereocenters. The summed E-state index contributed by atoms with van der Waals surface area (Å²) >= 11 is 6.10. The fourth-order valence-corrected chi connectivity index (χ4v) is 2.91.